The van der Waals surface area contributed by atoms with Gasteiger partial charge in [0.15, 0.2) is 0 Å². The number of carbonyl (C=O) groups excluding carboxylic acids is 1. The number of hydrogen-bond donors (Lipinski definition) is 2. The fourth-order valence-corrected chi connectivity index (χ4v) is 3.36. The van der Waals surface area contributed by atoms with Gasteiger partial charge in [-0.25, -0.2) is 13.1 Å². The third kappa shape index (κ3) is 5.19. The second-order valence-corrected chi connectivity index (χ2v) is 6.95. The quantitative estimate of drug-likeness (QED) is 0.739. The summed E-state index contributed by atoms with van der Waals surface area (Å²) in [5.74, 6) is 0.598. The van der Waals surface area contributed by atoms with Crippen molar-refractivity contribution in [3.63, 3.8) is 0 Å². The summed E-state index contributed by atoms with van der Waals surface area (Å²) >= 11 is 0. The lowest BCUT2D eigenvalue weighted by atomic mass is 10.3. The average Bonchev–Trinajstić information content (AvgIpc) is 2.56. The van der Waals surface area contributed by atoms with E-state index in [9.17, 15) is 13.2 Å². The first-order chi connectivity index (χ1) is 11.0. The SMILES string of the molecule is CCOc1ccc(S(=O)(=O)NCCC(=O)N2CCNCC2)cc1. The molecule has 1 fully saturated rings. The Hall–Kier alpha value is -1.64. The van der Waals surface area contributed by atoms with Crippen LogP contribution in [0.25, 0.3) is 0 Å². The summed E-state index contributed by atoms with van der Waals surface area (Å²) in [5.41, 5.74) is 0. The molecular weight excluding hydrogens is 318 g/mol. The van der Waals surface area contributed by atoms with Crippen LogP contribution in [0.15, 0.2) is 29.2 Å². The zero-order valence-corrected chi connectivity index (χ0v) is 14.1. The summed E-state index contributed by atoms with van der Waals surface area (Å²) in [6, 6.07) is 6.21. The van der Waals surface area contributed by atoms with Crippen molar-refractivity contribution < 1.29 is 17.9 Å². The summed E-state index contributed by atoms with van der Waals surface area (Å²) in [6.45, 7) is 5.39. The van der Waals surface area contributed by atoms with Crippen LogP contribution in [0.2, 0.25) is 0 Å². The molecule has 0 bridgehead atoms. The number of nitrogens with one attached hydrogen (secondary N) is 2. The van der Waals surface area contributed by atoms with E-state index < -0.39 is 10.0 Å². The third-order valence-corrected chi connectivity index (χ3v) is 5.02. The second-order valence-electron chi connectivity index (χ2n) is 5.18. The molecule has 1 amide bonds. The Labute approximate surface area is 137 Å². The molecule has 1 aliphatic rings. The summed E-state index contributed by atoms with van der Waals surface area (Å²) in [6.07, 6.45) is 0.163. The molecule has 0 saturated carbocycles. The zero-order chi connectivity index (χ0) is 16.7. The number of sulfonamides is 1. The van der Waals surface area contributed by atoms with E-state index in [2.05, 4.69) is 10.0 Å². The summed E-state index contributed by atoms with van der Waals surface area (Å²) in [5, 5.41) is 3.17. The predicted octanol–water partition coefficient (Wildman–Crippen LogP) is 0.186. The van der Waals surface area contributed by atoms with Crippen LogP contribution in [-0.2, 0) is 14.8 Å². The van der Waals surface area contributed by atoms with Crippen LogP contribution in [0.5, 0.6) is 5.75 Å². The second kappa shape index (κ2) is 8.28. The number of ether oxygens (including phenoxy) is 1. The maximum atomic E-state index is 12.2. The van der Waals surface area contributed by atoms with E-state index in [1.165, 1.54) is 12.1 Å². The minimum absolute atomic E-state index is 0.0270. The molecule has 23 heavy (non-hydrogen) atoms. The van der Waals surface area contributed by atoms with E-state index >= 15 is 0 Å². The Balaban J connectivity index is 1.84. The smallest absolute Gasteiger partial charge is 0.240 e. The molecule has 0 unspecified atom stereocenters. The van der Waals surface area contributed by atoms with Crippen molar-refractivity contribution in [2.45, 2.75) is 18.2 Å². The Morgan fingerprint density at radius 2 is 1.91 bits per heavy atom. The largest absolute Gasteiger partial charge is 0.494 e. The first-order valence-corrected chi connectivity index (χ1v) is 9.22. The molecule has 1 aliphatic heterocycles. The lowest BCUT2D eigenvalue weighted by Gasteiger charge is -2.27. The Morgan fingerprint density at radius 3 is 2.52 bits per heavy atom. The summed E-state index contributed by atoms with van der Waals surface area (Å²) < 4.78 is 32.1. The molecule has 0 aliphatic carbocycles. The fraction of sp³-hybridized carbons (Fsp3) is 0.533. The fourth-order valence-electron chi connectivity index (χ4n) is 2.33. The maximum absolute atomic E-state index is 12.2. The van der Waals surface area contributed by atoms with Crippen molar-refractivity contribution in [1.82, 2.24) is 14.9 Å². The molecular formula is C15H23N3O4S. The first kappa shape index (κ1) is 17.7. The topological polar surface area (TPSA) is 87.7 Å². The van der Waals surface area contributed by atoms with Crippen LogP contribution < -0.4 is 14.8 Å². The van der Waals surface area contributed by atoms with Gasteiger partial charge in [-0.3, -0.25) is 4.79 Å². The maximum Gasteiger partial charge on any atom is 0.240 e. The Morgan fingerprint density at radius 1 is 1.26 bits per heavy atom. The highest BCUT2D eigenvalue weighted by molar-refractivity contribution is 7.89. The van der Waals surface area contributed by atoms with Crippen molar-refractivity contribution in [3.8, 4) is 5.75 Å². The molecule has 1 aromatic rings. The molecule has 0 radical (unpaired) electrons. The van der Waals surface area contributed by atoms with Gasteiger partial charge in [0.1, 0.15) is 5.75 Å². The normalized spacial score (nSPS) is 15.4. The zero-order valence-electron chi connectivity index (χ0n) is 13.2. The molecule has 8 heteroatoms. The van der Waals surface area contributed by atoms with E-state index in [1.807, 2.05) is 6.92 Å². The molecule has 1 saturated heterocycles. The molecule has 128 valence electrons. The van der Waals surface area contributed by atoms with Crippen molar-refractivity contribution in [1.29, 1.82) is 0 Å². The number of amides is 1. The average molecular weight is 341 g/mol. The molecule has 0 spiro atoms. The Kier molecular flexibility index (Phi) is 6.37. The van der Waals surface area contributed by atoms with Gasteiger partial charge in [-0.2, -0.15) is 0 Å². The van der Waals surface area contributed by atoms with Gasteiger partial charge in [-0.1, -0.05) is 0 Å². The highest BCUT2D eigenvalue weighted by atomic mass is 32.2. The number of benzene rings is 1. The van der Waals surface area contributed by atoms with Crippen molar-refractivity contribution in [3.05, 3.63) is 24.3 Å². The van der Waals surface area contributed by atoms with Crippen molar-refractivity contribution in [2.75, 3.05) is 39.3 Å². The van der Waals surface area contributed by atoms with Crippen LogP contribution in [0.1, 0.15) is 13.3 Å². The van der Waals surface area contributed by atoms with Gasteiger partial charge in [-0.05, 0) is 31.2 Å². The molecule has 7 nitrogen and oxygen atoms in total. The minimum atomic E-state index is -3.61. The molecule has 1 heterocycles. The van der Waals surface area contributed by atoms with Gasteiger partial charge in [-0.15, -0.1) is 0 Å². The van der Waals surface area contributed by atoms with Gasteiger partial charge >= 0.3 is 0 Å². The van der Waals surface area contributed by atoms with Crippen LogP contribution in [-0.4, -0.2) is 58.6 Å². The molecule has 1 aromatic carbocycles. The van der Waals surface area contributed by atoms with Crippen LogP contribution in [0.3, 0.4) is 0 Å². The molecule has 0 atom stereocenters. The van der Waals surface area contributed by atoms with Gasteiger partial charge in [0, 0.05) is 39.1 Å². The van der Waals surface area contributed by atoms with Crippen LogP contribution in [0, 0.1) is 0 Å². The molecule has 2 rings (SSSR count). The van der Waals surface area contributed by atoms with Crippen LogP contribution in [0.4, 0.5) is 0 Å². The Bertz CT molecular complexity index is 610. The van der Waals surface area contributed by atoms with E-state index in [-0.39, 0.29) is 23.8 Å². The van der Waals surface area contributed by atoms with Gasteiger partial charge in [0.2, 0.25) is 15.9 Å². The molecule has 0 aromatic heterocycles. The number of nitrogens with zero attached hydrogens (tertiary/aromatic N) is 1. The van der Waals surface area contributed by atoms with Gasteiger partial charge in [0.05, 0.1) is 11.5 Å². The van der Waals surface area contributed by atoms with E-state index in [1.54, 1.807) is 17.0 Å². The number of rotatable bonds is 7. The number of piperazine rings is 1. The summed E-state index contributed by atoms with van der Waals surface area (Å²) in [4.78, 5) is 13.9. The minimum Gasteiger partial charge on any atom is -0.494 e. The summed E-state index contributed by atoms with van der Waals surface area (Å²) in [7, 11) is -3.61. The predicted molar refractivity (Wildman–Crippen MR) is 86.9 cm³/mol. The lowest BCUT2D eigenvalue weighted by molar-refractivity contribution is -0.131. The van der Waals surface area contributed by atoms with Crippen molar-refractivity contribution >= 4 is 15.9 Å². The number of hydrogen-bond acceptors (Lipinski definition) is 5. The lowest BCUT2D eigenvalue weighted by Crippen LogP contribution is -2.47. The monoisotopic (exact) mass is 341 g/mol. The first-order valence-electron chi connectivity index (χ1n) is 7.74. The van der Waals surface area contributed by atoms with Crippen LogP contribution >= 0.6 is 0 Å². The van der Waals surface area contributed by atoms with Gasteiger partial charge in [0.25, 0.3) is 0 Å². The molecule has 2 N–H and O–H groups in total. The van der Waals surface area contributed by atoms with E-state index in [4.69, 9.17) is 4.74 Å². The van der Waals surface area contributed by atoms with Crippen molar-refractivity contribution in [2.24, 2.45) is 0 Å². The van der Waals surface area contributed by atoms with E-state index in [0.717, 1.165) is 13.1 Å². The third-order valence-electron chi connectivity index (χ3n) is 3.55. The number of carbonyl (C=O) groups is 1. The highest BCUT2D eigenvalue weighted by Crippen LogP contribution is 2.15. The van der Waals surface area contributed by atoms with Gasteiger partial charge < -0.3 is 15.0 Å². The van der Waals surface area contributed by atoms with E-state index in [0.29, 0.717) is 25.4 Å². The standard InChI is InChI=1S/C15H23N3O4S/c1-2-22-13-3-5-14(6-4-13)23(20,21)17-8-7-15(19)18-11-9-16-10-12-18/h3-6,16-17H,2,7-12H2,1H3. The highest BCUT2D eigenvalue weighted by Gasteiger charge is 2.18.